The summed E-state index contributed by atoms with van der Waals surface area (Å²) in [7, 11) is 0. The van der Waals surface area contributed by atoms with Gasteiger partial charge < -0.3 is 20.5 Å². The molecule has 1 aliphatic rings. The Balaban J connectivity index is 1.95. The Labute approximate surface area is 122 Å². The maximum atomic E-state index is 13.3. The molecule has 2 amide bonds. The number of carbonyl (C=O) groups is 2. The third-order valence-electron chi connectivity index (χ3n) is 2.89. The van der Waals surface area contributed by atoms with Crippen LogP contribution in [0.25, 0.3) is 0 Å². The lowest BCUT2D eigenvalue weighted by molar-refractivity contribution is -0.142. The average molecular weight is 347 g/mol. The van der Waals surface area contributed by atoms with Crippen LogP contribution in [0.4, 0.5) is 14.9 Å². The number of aliphatic carboxylic acids is 1. The number of carboxylic acid groups (broad SMARTS) is 1. The highest BCUT2D eigenvalue weighted by Gasteiger charge is 2.35. The third-order valence-corrected chi connectivity index (χ3v) is 3.53. The number of hydrogen-bond donors (Lipinski definition) is 3. The van der Waals surface area contributed by atoms with Crippen LogP contribution in [-0.4, -0.2) is 36.4 Å². The van der Waals surface area contributed by atoms with E-state index in [4.69, 9.17) is 9.84 Å². The van der Waals surface area contributed by atoms with Crippen molar-refractivity contribution in [2.45, 2.75) is 6.04 Å². The summed E-state index contributed by atoms with van der Waals surface area (Å²) in [6, 6.07) is 2.93. The molecule has 2 atom stereocenters. The van der Waals surface area contributed by atoms with Crippen molar-refractivity contribution in [2.24, 2.45) is 5.92 Å². The van der Waals surface area contributed by atoms with Crippen molar-refractivity contribution >= 4 is 33.6 Å². The van der Waals surface area contributed by atoms with E-state index in [0.717, 1.165) is 6.07 Å². The number of anilines is 1. The summed E-state index contributed by atoms with van der Waals surface area (Å²) in [5, 5.41) is 13.9. The molecule has 1 aromatic carbocycles. The monoisotopic (exact) mass is 346 g/mol. The molecule has 0 spiro atoms. The van der Waals surface area contributed by atoms with E-state index in [-0.39, 0.29) is 18.9 Å². The topological polar surface area (TPSA) is 87.7 Å². The van der Waals surface area contributed by atoms with E-state index in [9.17, 15) is 14.0 Å². The highest BCUT2D eigenvalue weighted by atomic mass is 79.9. The third kappa shape index (κ3) is 3.45. The Hall–Kier alpha value is -1.67. The van der Waals surface area contributed by atoms with Crippen molar-refractivity contribution < 1.29 is 23.8 Å². The van der Waals surface area contributed by atoms with Gasteiger partial charge in [0.25, 0.3) is 0 Å². The molecule has 1 aromatic rings. The molecule has 0 bridgehead atoms. The van der Waals surface area contributed by atoms with Gasteiger partial charge in [-0.1, -0.05) is 0 Å². The molecule has 0 radical (unpaired) electrons. The van der Waals surface area contributed by atoms with Gasteiger partial charge in [0.05, 0.1) is 23.7 Å². The standard InChI is InChI=1S/C12H12BrFN2O4/c13-8-2-1-6(3-9(8)14)15-12(19)16-10-5-20-4-7(10)11(17)18/h1-3,7,10H,4-5H2,(H,17,18)(H2,15,16,19). The van der Waals surface area contributed by atoms with Crippen molar-refractivity contribution in [3.63, 3.8) is 0 Å². The zero-order chi connectivity index (χ0) is 14.7. The van der Waals surface area contributed by atoms with Crippen LogP contribution in [0.5, 0.6) is 0 Å². The fourth-order valence-electron chi connectivity index (χ4n) is 1.85. The van der Waals surface area contributed by atoms with E-state index in [1.165, 1.54) is 12.1 Å². The Morgan fingerprint density at radius 2 is 2.15 bits per heavy atom. The van der Waals surface area contributed by atoms with Gasteiger partial charge in [0.1, 0.15) is 11.7 Å². The van der Waals surface area contributed by atoms with Gasteiger partial charge in [-0.05, 0) is 34.1 Å². The number of urea groups is 1. The van der Waals surface area contributed by atoms with Gasteiger partial charge >= 0.3 is 12.0 Å². The maximum absolute atomic E-state index is 13.3. The molecule has 20 heavy (non-hydrogen) atoms. The molecule has 8 heteroatoms. The highest BCUT2D eigenvalue weighted by molar-refractivity contribution is 9.10. The fraction of sp³-hybridized carbons (Fsp3) is 0.333. The predicted molar refractivity (Wildman–Crippen MR) is 72.0 cm³/mol. The molecule has 0 saturated carbocycles. The molecular weight excluding hydrogens is 335 g/mol. The van der Waals surface area contributed by atoms with Crippen LogP contribution >= 0.6 is 15.9 Å². The van der Waals surface area contributed by atoms with E-state index >= 15 is 0 Å². The minimum Gasteiger partial charge on any atom is -0.481 e. The van der Waals surface area contributed by atoms with Crippen LogP contribution in [-0.2, 0) is 9.53 Å². The van der Waals surface area contributed by atoms with Crippen molar-refractivity contribution in [1.82, 2.24) is 5.32 Å². The number of nitrogens with one attached hydrogen (secondary N) is 2. The van der Waals surface area contributed by atoms with Crippen LogP contribution in [0.2, 0.25) is 0 Å². The number of benzene rings is 1. The summed E-state index contributed by atoms with van der Waals surface area (Å²) < 4.78 is 18.6. The van der Waals surface area contributed by atoms with Crippen molar-refractivity contribution in [3.05, 3.63) is 28.5 Å². The summed E-state index contributed by atoms with van der Waals surface area (Å²) in [6.07, 6.45) is 0. The zero-order valence-electron chi connectivity index (χ0n) is 10.2. The van der Waals surface area contributed by atoms with Gasteiger partial charge in [0.2, 0.25) is 0 Å². The quantitative estimate of drug-likeness (QED) is 0.778. The number of rotatable bonds is 3. The Morgan fingerprint density at radius 3 is 2.80 bits per heavy atom. The molecule has 2 rings (SSSR count). The van der Waals surface area contributed by atoms with Gasteiger partial charge in [-0.2, -0.15) is 0 Å². The van der Waals surface area contributed by atoms with Crippen molar-refractivity contribution in [3.8, 4) is 0 Å². The summed E-state index contributed by atoms with van der Waals surface area (Å²) in [5.41, 5.74) is 0.272. The van der Waals surface area contributed by atoms with E-state index in [2.05, 4.69) is 26.6 Å². The van der Waals surface area contributed by atoms with Crippen LogP contribution in [0.3, 0.4) is 0 Å². The van der Waals surface area contributed by atoms with Crippen molar-refractivity contribution in [2.75, 3.05) is 18.5 Å². The minimum absolute atomic E-state index is 0.0627. The molecule has 6 nitrogen and oxygen atoms in total. The van der Waals surface area contributed by atoms with Crippen LogP contribution in [0.1, 0.15) is 0 Å². The maximum Gasteiger partial charge on any atom is 0.319 e. The second kappa shape index (κ2) is 6.19. The SMILES string of the molecule is O=C(Nc1ccc(Br)c(F)c1)NC1COCC1C(=O)O. The van der Waals surface area contributed by atoms with Gasteiger partial charge in [-0.3, -0.25) is 4.79 Å². The van der Waals surface area contributed by atoms with Crippen molar-refractivity contribution in [1.29, 1.82) is 0 Å². The molecular formula is C12H12BrFN2O4. The lowest BCUT2D eigenvalue weighted by Gasteiger charge is -2.16. The average Bonchev–Trinajstić information content (AvgIpc) is 2.82. The first-order valence-electron chi connectivity index (χ1n) is 5.80. The molecule has 1 aliphatic heterocycles. The number of ether oxygens (including phenoxy) is 1. The zero-order valence-corrected chi connectivity index (χ0v) is 11.8. The first kappa shape index (κ1) is 14.7. The first-order valence-corrected chi connectivity index (χ1v) is 6.60. The number of carboxylic acids is 1. The summed E-state index contributed by atoms with van der Waals surface area (Å²) in [6.45, 7) is 0.201. The summed E-state index contributed by atoms with van der Waals surface area (Å²) in [5.74, 6) is -2.31. The van der Waals surface area contributed by atoms with E-state index in [0.29, 0.717) is 4.47 Å². The van der Waals surface area contributed by atoms with Gasteiger partial charge in [-0.15, -0.1) is 0 Å². The number of amides is 2. The van der Waals surface area contributed by atoms with E-state index < -0.39 is 29.8 Å². The van der Waals surface area contributed by atoms with Gasteiger partial charge in [-0.25, -0.2) is 9.18 Å². The molecule has 108 valence electrons. The molecule has 0 aliphatic carbocycles. The summed E-state index contributed by atoms with van der Waals surface area (Å²) in [4.78, 5) is 22.7. The van der Waals surface area contributed by atoms with E-state index in [1.54, 1.807) is 0 Å². The van der Waals surface area contributed by atoms with Crippen LogP contribution in [0, 0.1) is 11.7 Å². The molecule has 1 fully saturated rings. The Kier molecular flexibility index (Phi) is 4.56. The molecule has 2 unspecified atom stereocenters. The number of hydrogen-bond acceptors (Lipinski definition) is 3. The first-order chi connectivity index (χ1) is 9.47. The second-order valence-corrected chi connectivity index (χ2v) is 5.17. The lowest BCUT2D eigenvalue weighted by Crippen LogP contribution is -2.44. The molecule has 3 N–H and O–H groups in total. The minimum atomic E-state index is -1.03. The molecule has 1 saturated heterocycles. The smallest absolute Gasteiger partial charge is 0.319 e. The van der Waals surface area contributed by atoms with Gasteiger partial charge in [0, 0.05) is 5.69 Å². The van der Waals surface area contributed by atoms with Gasteiger partial charge in [0.15, 0.2) is 0 Å². The number of carbonyl (C=O) groups excluding carboxylic acids is 1. The summed E-state index contributed by atoms with van der Waals surface area (Å²) >= 11 is 3.01. The van der Waals surface area contributed by atoms with E-state index in [1.807, 2.05) is 0 Å². The lowest BCUT2D eigenvalue weighted by atomic mass is 10.0. The number of halogens is 2. The van der Waals surface area contributed by atoms with Crippen LogP contribution < -0.4 is 10.6 Å². The van der Waals surface area contributed by atoms with Crippen LogP contribution in [0.15, 0.2) is 22.7 Å². The molecule has 1 heterocycles. The molecule has 0 aromatic heterocycles. The largest absolute Gasteiger partial charge is 0.481 e. The highest BCUT2D eigenvalue weighted by Crippen LogP contribution is 2.19. The fourth-order valence-corrected chi connectivity index (χ4v) is 2.10. The second-order valence-electron chi connectivity index (χ2n) is 4.32. The Bertz CT molecular complexity index is 540. The Morgan fingerprint density at radius 1 is 1.40 bits per heavy atom. The normalized spacial score (nSPS) is 21.5. The predicted octanol–water partition coefficient (Wildman–Crippen LogP) is 1.81.